The molecule has 2 heteroatoms. The number of likely N-dealkylation sites (tertiary alicyclic amines) is 1. The van der Waals surface area contributed by atoms with Crippen LogP contribution in [-0.4, -0.2) is 30.7 Å². The monoisotopic (exact) mass is 175 g/mol. The van der Waals surface area contributed by atoms with E-state index >= 15 is 0 Å². The van der Waals surface area contributed by atoms with Crippen molar-refractivity contribution < 1.29 is 4.39 Å². The van der Waals surface area contributed by atoms with Crippen LogP contribution in [0.5, 0.6) is 0 Å². The van der Waals surface area contributed by atoms with Crippen LogP contribution in [0.25, 0.3) is 0 Å². The zero-order chi connectivity index (χ0) is 9.56. The Morgan fingerprint density at radius 2 is 2.00 bits per heavy atom. The fourth-order valence-corrected chi connectivity index (χ4v) is 1.46. The summed E-state index contributed by atoms with van der Waals surface area (Å²) in [5.74, 6) is 0.322. The van der Waals surface area contributed by atoms with E-state index in [0.29, 0.717) is 12.0 Å². The Labute approximate surface area is 75.9 Å². The Morgan fingerprint density at radius 1 is 1.42 bits per heavy atom. The SMILES string of the molecule is CC.CC(C)N1CCC(CF)C1. The van der Waals surface area contributed by atoms with Gasteiger partial charge in [0.05, 0.1) is 6.67 Å². The van der Waals surface area contributed by atoms with Crippen molar-refractivity contribution in [3.8, 4) is 0 Å². The van der Waals surface area contributed by atoms with E-state index in [-0.39, 0.29) is 6.67 Å². The maximum atomic E-state index is 12.1. The van der Waals surface area contributed by atoms with Gasteiger partial charge in [0.25, 0.3) is 0 Å². The lowest BCUT2D eigenvalue weighted by Crippen LogP contribution is -2.28. The summed E-state index contributed by atoms with van der Waals surface area (Å²) in [4.78, 5) is 2.34. The lowest BCUT2D eigenvalue weighted by molar-refractivity contribution is 0.254. The van der Waals surface area contributed by atoms with Crippen molar-refractivity contribution >= 4 is 0 Å². The van der Waals surface area contributed by atoms with Crippen LogP contribution < -0.4 is 0 Å². The summed E-state index contributed by atoms with van der Waals surface area (Å²) in [6, 6.07) is 0.594. The number of hydrogen-bond donors (Lipinski definition) is 0. The quantitative estimate of drug-likeness (QED) is 0.623. The molecule has 1 saturated heterocycles. The molecule has 0 amide bonds. The van der Waals surface area contributed by atoms with Gasteiger partial charge in [-0.1, -0.05) is 13.8 Å². The lowest BCUT2D eigenvalue weighted by atomic mass is 10.1. The highest BCUT2D eigenvalue weighted by Gasteiger charge is 2.23. The molecular weight excluding hydrogens is 153 g/mol. The third-order valence-corrected chi connectivity index (χ3v) is 2.27. The van der Waals surface area contributed by atoms with E-state index in [9.17, 15) is 4.39 Å². The minimum Gasteiger partial charge on any atom is -0.301 e. The molecule has 1 unspecified atom stereocenters. The molecule has 1 fully saturated rings. The molecule has 0 aromatic carbocycles. The van der Waals surface area contributed by atoms with Crippen LogP contribution in [0.15, 0.2) is 0 Å². The van der Waals surface area contributed by atoms with Gasteiger partial charge in [0.2, 0.25) is 0 Å². The van der Waals surface area contributed by atoms with E-state index in [1.807, 2.05) is 13.8 Å². The van der Waals surface area contributed by atoms with E-state index in [4.69, 9.17) is 0 Å². The van der Waals surface area contributed by atoms with Crippen LogP contribution in [0.1, 0.15) is 34.1 Å². The minimum absolute atomic E-state index is 0.136. The Balaban J connectivity index is 0.000000561. The highest BCUT2D eigenvalue weighted by atomic mass is 19.1. The van der Waals surface area contributed by atoms with Crippen LogP contribution in [0.4, 0.5) is 4.39 Å². The molecule has 12 heavy (non-hydrogen) atoms. The van der Waals surface area contributed by atoms with Gasteiger partial charge in [-0.3, -0.25) is 4.39 Å². The molecule has 1 aliphatic heterocycles. The zero-order valence-electron chi connectivity index (χ0n) is 8.81. The smallest absolute Gasteiger partial charge is 0.0935 e. The topological polar surface area (TPSA) is 3.24 Å². The van der Waals surface area contributed by atoms with Crippen molar-refractivity contribution in [3.05, 3.63) is 0 Å². The highest BCUT2D eigenvalue weighted by Crippen LogP contribution is 2.18. The van der Waals surface area contributed by atoms with Gasteiger partial charge in [0.1, 0.15) is 0 Å². The maximum absolute atomic E-state index is 12.1. The number of hydrogen-bond acceptors (Lipinski definition) is 1. The van der Waals surface area contributed by atoms with Gasteiger partial charge in [-0.05, 0) is 26.8 Å². The minimum atomic E-state index is -0.136. The molecule has 0 radical (unpaired) electrons. The maximum Gasteiger partial charge on any atom is 0.0935 e. The van der Waals surface area contributed by atoms with E-state index in [0.717, 1.165) is 19.5 Å². The summed E-state index contributed by atoms with van der Waals surface area (Å²) in [6.45, 7) is 10.3. The molecule has 1 heterocycles. The lowest BCUT2D eigenvalue weighted by Gasteiger charge is -2.19. The molecule has 0 saturated carbocycles. The summed E-state index contributed by atoms with van der Waals surface area (Å²) in [7, 11) is 0. The summed E-state index contributed by atoms with van der Waals surface area (Å²) >= 11 is 0. The summed E-state index contributed by atoms with van der Waals surface area (Å²) < 4.78 is 12.1. The first-order valence-electron chi connectivity index (χ1n) is 5.04. The van der Waals surface area contributed by atoms with Crippen molar-refractivity contribution in [2.24, 2.45) is 5.92 Å². The highest BCUT2D eigenvalue weighted by molar-refractivity contribution is 4.76. The molecule has 1 atom stereocenters. The normalized spacial score (nSPS) is 24.0. The second kappa shape index (κ2) is 6.41. The fraction of sp³-hybridized carbons (Fsp3) is 1.00. The average molecular weight is 175 g/mol. The van der Waals surface area contributed by atoms with Gasteiger partial charge in [-0.2, -0.15) is 0 Å². The molecule has 0 aromatic rings. The van der Waals surface area contributed by atoms with Crippen molar-refractivity contribution in [2.75, 3.05) is 19.8 Å². The molecule has 0 spiro atoms. The van der Waals surface area contributed by atoms with Crippen molar-refractivity contribution in [1.82, 2.24) is 4.90 Å². The second-order valence-electron chi connectivity index (χ2n) is 3.40. The van der Waals surface area contributed by atoms with Crippen LogP contribution in [0, 0.1) is 5.92 Å². The molecular formula is C10H22FN. The zero-order valence-corrected chi connectivity index (χ0v) is 8.81. The number of alkyl halides is 1. The van der Waals surface area contributed by atoms with Crippen molar-refractivity contribution in [1.29, 1.82) is 0 Å². The predicted molar refractivity (Wildman–Crippen MR) is 52.1 cm³/mol. The van der Waals surface area contributed by atoms with E-state index < -0.39 is 0 Å². The molecule has 1 nitrogen and oxygen atoms in total. The van der Waals surface area contributed by atoms with Gasteiger partial charge >= 0.3 is 0 Å². The Morgan fingerprint density at radius 3 is 2.25 bits per heavy atom. The summed E-state index contributed by atoms with van der Waals surface area (Å²) in [5, 5.41) is 0. The van der Waals surface area contributed by atoms with Gasteiger partial charge in [0, 0.05) is 18.5 Å². The Kier molecular flexibility index (Phi) is 6.35. The second-order valence-corrected chi connectivity index (χ2v) is 3.40. The molecule has 74 valence electrons. The third-order valence-electron chi connectivity index (χ3n) is 2.27. The summed E-state index contributed by atoms with van der Waals surface area (Å²) in [6.07, 6.45) is 1.05. The average Bonchev–Trinajstić information content (AvgIpc) is 2.55. The number of halogens is 1. The number of nitrogens with zero attached hydrogens (tertiary/aromatic N) is 1. The largest absolute Gasteiger partial charge is 0.301 e. The van der Waals surface area contributed by atoms with Gasteiger partial charge in [-0.25, -0.2) is 0 Å². The first kappa shape index (κ1) is 11.9. The van der Waals surface area contributed by atoms with Crippen LogP contribution >= 0.6 is 0 Å². The summed E-state index contributed by atoms with van der Waals surface area (Å²) in [5.41, 5.74) is 0. The van der Waals surface area contributed by atoms with Crippen LogP contribution in [0.2, 0.25) is 0 Å². The number of rotatable bonds is 2. The van der Waals surface area contributed by atoms with E-state index in [1.54, 1.807) is 0 Å². The molecule has 0 N–H and O–H groups in total. The van der Waals surface area contributed by atoms with E-state index in [1.165, 1.54) is 0 Å². The Bertz CT molecular complexity index is 104. The van der Waals surface area contributed by atoms with Crippen LogP contribution in [0.3, 0.4) is 0 Å². The first-order valence-corrected chi connectivity index (χ1v) is 5.04. The molecule has 1 rings (SSSR count). The van der Waals surface area contributed by atoms with Crippen molar-refractivity contribution in [2.45, 2.75) is 40.2 Å². The first-order chi connectivity index (χ1) is 5.74. The Hall–Kier alpha value is -0.110. The fourth-order valence-electron chi connectivity index (χ4n) is 1.46. The van der Waals surface area contributed by atoms with Crippen LogP contribution in [-0.2, 0) is 0 Å². The van der Waals surface area contributed by atoms with Gasteiger partial charge in [-0.15, -0.1) is 0 Å². The predicted octanol–water partition coefficient (Wildman–Crippen LogP) is 2.71. The van der Waals surface area contributed by atoms with Gasteiger partial charge in [0.15, 0.2) is 0 Å². The standard InChI is InChI=1S/C8H16FN.C2H6/c1-7(2)10-4-3-8(5-9)6-10;1-2/h7-8H,3-6H2,1-2H3;1-2H3. The van der Waals surface area contributed by atoms with E-state index in [2.05, 4.69) is 18.7 Å². The van der Waals surface area contributed by atoms with Gasteiger partial charge < -0.3 is 4.90 Å². The van der Waals surface area contributed by atoms with Crippen molar-refractivity contribution in [3.63, 3.8) is 0 Å². The molecule has 0 aliphatic carbocycles. The molecule has 0 aromatic heterocycles. The molecule has 1 aliphatic rings. The third kappa shape index (κ3) is 3.53. The molecule has 0 bridgehead atoms.